The Kier molecular flexibility index (Phi) is 4.95. The molecule has 0 aliphatic carbocycles. The summed E-state index contributed by atoms with van der Waals surface area (Å²) in [6.45, 7) is 7.87. The van der Waals surface area contributed by atoms with Crippen molar-refractivity contribution in [2.24, 2.45) is 5.92 Å². The van der Waals surface area contributed by atoms with Crippen molar-refractivity contribution < 1.29 is 9.90 Å². The van der Waals surface area contributed by atoms with E-state index in [0.29, 0.717) is 6.42 Å². The van der Waals surface area contributed by atoms with Crippen molar-refractivity contribution in [3.8, 4) is 0 Å². The van der Waals surface area contributed by atoms with Crippen LogP contribution in [0.25, 0.3) is 0 Å². The number of rotatable bonds is 6. The van der Waals surface area contributed by atoms with E-state index in [0.717, 1.165) is 17.6 Å². The van der Waals surface area contributed by atoms with Gasteiger partial charge in [0.15, 0.2) is 0 Å². The molecular weight excluding hydrogens is 212 g/mol. The molecule has 0 spiro atoms. The number of benzene rings is 1. The maximum atomic E-state index is 11.4. The minimum Gasteiger partial charge on any atom is -0.481 e. The molecule has 2 heteroatoms. The molecule has 0 aliphatic heterocycles. The molecule has 2 nitrogen and oxygen atoms in total. The monoisotopic (exact) mass is 232 g/mol. The Morgan fingerprint density at radius 1 is 1.35 bits per heavy atom. The second-order valence-corrected chi connectivity index (χ2v) is 4.47. The average Bonchev–Trinajstić information content (AvgIpc) is 2.29. The molecule has 1 aromatic rings. The van der Waals surface area contributed by atoms with Crippen LogP contribution in [0.4, 0.5) is 0 Å². The van der Waals surface area contributed by atoms with E-state index in [9.17, 15) is 9.90 Å². The fraction of sp³-hybridized carbons (Fsp3) is 0.400. The van der Waals surface area contributed by atoms with Crippen LogP contribution in [0.15, 0.2) is 42.5 Å². The zero-order valence-electron chi connectivity index (χ0n) is 10.5. The first-order valence-electron chi connectivity index (χ1n) is 6.01. The minimum absolute atomic E-state index is 0.0892. The summed E-state index contributed by atoms with van der Waals surface area (Å²) < 4.78 is 0. The number of carboxylic acid groups (broad SMARTS) is 1. The fourth-order valence-electron chi connectivity index (χ4n) is 2.26. The number of carbonyl (C=O) groups is 1. The lowest BCUT2D eigenvalue weighted by Gasteiger charge is -2.24. The molecule has 1 rings (SSSR count). The van der Waals surface area contributed by atoms with Crippen molar-refractivity contribution in [3.05, 3.63) is 48.0 Å². The maximum Gasteiger partial charge on any atom is 0.307 e. The summed E-state index contributed by atoms with van der Waals surface area (Å²) in [4.78, 5) is 11.4. The number of carboxylic acids is 1. The third-order valence-electron chi connectivity index (χ3n) is 3.01. The smallest absolute Gasteiger partial charge is 0.307 e. The topological polar surface area (TPSA) is 37.3 Å². The summed E-state index contributed by atoms with van der Waals surface area (Å²) in [5.41, 5.74) is 1.96. The van der Waals surface area contributed by atoms with Gasteiger partial charge in [0.25, 0.3) is 0 Å². The van der Waals surface area contributed by atoms with E-state index < -0.39 is 5.97 Å². The lowest BCUT2D eigenvalue weighted by molar-refractivity contribution is -0.142. The van der Waals surface area contributed by atoms with Gasteiger partial charge < -0.3 is 5.11 Å². The van der Waals surface area contributed by atoms with Crippen LogP contribution in [0.5, 0.6) is 0 Å². The van der Waals surface area contributed by atoms with E-state index in [1.807, 2.05) is 44.2 Å². The molecule has 0 unspecified atom stereocenters. The van der Waals surface area contributed by atoms with Gasteiger partial charge in [-0.05, 0) is 18.9 Å². The molecule has 17 heavy (non-hydrogen) atoms. The number of hydrogen-bond acceptors (Lipinski definition) is 1. The van der Waals surface area contributed by atoms with Crippen LogP contribution in [0, 0.1) is 5.92 Å². The van der Waals surface area contributed by atoms with Crippen molar-refractivity contribution >= 4 is 5.97 Å². The molecule has 0 aromatic heterocycles. The summed E-state index contributed by atoms with van der Waals surface area (Å²) in [5, 5.41) is 9.34. The van der Waals surface area contributed by atoms with Crippen LogP contribution in [0.1, 0.15) is 38.2 Å². The predicted octanol–water partition coefficient (Wildman–Crippen LogP) is 3.85. The molecule has 0 aliphatic rings. The number of aliphatic carboxylic acids is 1. The first kappa shape index (κ1) is 13.5. The van der Waals surface area contributed by atoms with E-state index >= 15 is 0 Å². The van der Waals surface area contributed by atoms with Crippen molar-refractivity contribution in [2.45, 2.75) is 32.6 Å². The van der Waals surface area contributed by atoms with Crippen LogP contribution in [-0.2, 0) is 4.79 Å². The Labute approximate surface area is 103 Å². The van der Waals surface area contributed by atoms with Crippen LogP contribution in [0.3, 0.4) is 0 Å². The second kappa shape index (κ2) is 6.24. The lowest BCUT2D eigenvalue weighted by Crippen LogP contribution is -2.22. The quantitative estimate of drug-likeness (QED) is 0.756. The van der Waals surface area contributed by atoms with Crippen LogP contribution in [0.2, 0.25) is 0 Å². The molecule has 1 N–H and O–H groups in total. The third-order valence-corrected chi connectivity index (χ3v) is 3.01. The Morgan fingerprint density at radius 2 is 1.94 bits per heavy atom. The molecule has 0 fully saturated rings. The number of allylic oxidation sites excluding steroid dienone is 1. The highest BCUT2D eigenvalue weighted by Crippen LogP contribution is 2.33. The van der Waals surface area contributed by atoms with Gasteiger partial charge in [0.05, 0.1) is 5.92 Å². The summed E-state index contributed by atoms with van der Waals surface area (Å²) in [7, 11) is 0. The summed E-state index contributed by atoms with van der Waals surface area (Å²) >= 11 is 0. The highest BCUT2D eigenvalue weighted by atomic mass is 16.4. The molecular formula is C15H20O2. The standard InChI is InChI=1S/C15H20O2/c1-4-8-13(15(16)17)14(11(2)3)12-9-6-5-7-10-12/h5-7,9-10,13-14H,2,4,8H2,1,3H3,(H,16,17)/t13-,14+/m0/s1. The van der Waals surface area contributed by atoms with Crippen LogP contribution >= 0.6 is 0 Å². The Bertz CT molecular complexity index is 381. The molecule has 92 valence electrons. The first-order valence-corrected chi connectivity index (χ1v) is 6.01. The van der Waals surface area contributed by atoms with Gasteiger partial charge in [0.2, 0.25) is 0 Å². The largest absolute Gasteiger partial charge is 0.481 e. The SMILES string of the molecule is C=C(C)[C@H](c1ccccc1)[C@H](CCC)C(=O)O. The van der Waals surface area contributed by atoms with Gasteiger partial charge in [0, 0.05) is 5.92 Å². The lowest BCUT2D eigenvalue weighted by atomic mass is 9.79. The molecule has 1 aromatic carbocycles. The summed E-state index contributed by atoms with van der Waals surface area (Å²) in [5.74, 6) is -1.20. The van der Waals surface area contributed by atoms with Crippen LogP contribution < -0.4 is 0 Å². The molecule has 0 heterocycles. The summed E-state index contributed by atoms with van der Waals surface area (Å²) in [6, 6.07) is 9.77. The number of hydrogen-bond donors (Lipinski definition) is 1. The van der Waals surface area contributed by atoms with E-state index in [-0.39, 0.29) is 11.8 Å². The van der Waals surface area contributed by atoms with Gasteiger partial charge >= 0.3 is 5.97 Å². The Hall–Kier alpha value is -1.57. The zero-order valence-corrected chi connectivity index (χ0v) is 10.5. The Balaban J connectivity index is 3.07. The first-order chi connectivity index (χ1) is 8.07. The minimum atomic E-state index is -0.733. The molecule has 0 radical (unpaired) electrons. The van der Waals surface area contributed by atoms with Crippen molar-refractivity contribution in [3.63, 3.8) is 0 Å². The van der Waals surface area contributed by atoms with E-state index in [4.69, 9.17) is 0 Å². The van der Waals surface area contributed by atoms with Gasteiger partial charge in [-0.25, -0.2) is 0 Å². The van der Waals surface area contributed by atoms with Crippen LogP contribution in [-0.4, -0.2) is 11.1 Å². The van der Waals surface area contributed by atoms with Crippen molar-refractivity contribution in [1.82, 2.24) is 0 Å². The van der Waals surface area contributed by atoms with Gasteiger partial charge in [-0.2, -0.15) is 0 Å². The molecule has 0 saturated heterocycles. The second-order valence-electron chi connectivity index (χ2n) is 4.47. The molecule has 0 saturated carbocycles. The zero-order chi connectivity index (χ0) is 12.8. The van der Waals surface area contributed by atoms with Gasteiger partial charge in [-0.1, -0.05) is 55.8 Å². The molecule has 0 amide bonds. The van der Waals surface area contributed by atoms with E-state index in [2.05, 4.69) is 6.58 Å². The van der Waals surface area contributed by atoms with Gasteiger partial charge in [-0.15, -0.1) is 0 Å². The van der Waals surface area contributed by atoms with Crippen molar-refractivity contribution in [2.75, 3.05) is 0 Å². The fourth-order valence-corrected chi connectivity index (χ4v) is 2.26. The predicted molar refractivity (Wildman–Crippen MR) is 70.0 cm³/mol. The normalized spacial score (nSPS) is 14.0. The Morgan fingerprint density at radius 3 is 2.35 bits per heavy atom. The molecule has 2 atom stereocenters. The average molecular weight is 232 g/mol. The van der Waals surface area contributed by atoms with Gasteiger partial charge in [0.1, 0.15) is 0 Å². The summed E-state index contributed by atoms with van der Waals surface area (Å²) in [6.07, 6.45) is 1.55. The highest BCUT2D eigenvalue weighted by Gasteiger charge is 2.28. The van der Waals surface area contributed by atoms with E-state index in [1.54, 1.807) is 0 Å². The third kappa shape index (κ3) is 3.45. The maximum absolute atomic E-state index is 11.4. The van der Waals surface area contributed by atoms with E-state index in [1.165, 1.54) is 0 Å². The highest BCUT2D eigenvalue weighted by molar-refractivity contribution is 5.72. The van der Waals surface area contributed by atoms with Gasteiger partial charge in [-0.3, -0.25) is 4.79 Å². The van der Waals surface area contributed by atoms with Crippen molar-refractivity contribution in [1.29, 1.82) is 0 Å². The molecule has 0 bridgehead atoms.